The third-order valence-corrected chi connectivity index (χ3v) is 3.89. The lowest BCUT2D eigenvalue weighted by atomic mass is 10.0. The highest BCUT2D eigenvalue weighted by molar-refractivity contribution is 5.88. The van der Waals surface area contributed by atoms with Crippen LogP contribution in [-0.4, -0.2) is 13.2 Å². The van der Waals surface area contributed by atoms with Gasteiger partial charge in [0.25, 0.3) is 0 Å². The summed E-state index contributed by atoms with van der Waals surface area (Å²) in [6.07, 6.45) is 3.99. The average Bonchev–Trinajstić information content (AvgIpc) is 2.62. The van der Waals surface area contributed by atoms with Gasteiger partial charge in [-0.1, -0.05) is 42.5 Å². The Hall–Kier alpha value is -2.74. The van der Waals surface area contributed by atoms with Gasteiger partial charge >= 0.3 is 0 Å². The van der Waals surface area contributed by atoms with Crippen molar-refractivity contribution in [3.63, 3.8) is 0 Å². The van der Waals surface area contributed by atoms with E-state index in [0.717, 1.165) is 11.5 Å². The van der Waals surface area contributed by atoms with E-state index in [1.54, 1.807) is 0 Å². The third-order valence-electron chi connectivity index (χ3n) is 3.89. The van der Waals surface area contributed by atoms with E-state index in [1.807, 2.05) is 44.2 Å². The molecule has 0 aromatic heterocycles. The zero-order valence-corrected chi connectivity index (χ0v) is 14.2. The molecule has 0 aliphatic rings. The Morgan fingerprint density at radius 1 is 0.750 bits per heavy atom. The highest BCUT2D eigenvalue weighted by atomic mass is 16.5. The molecule has 0 heterocycles. The van der Waals surface area contributed by atoms with E-state index in [4.69, 9.17) is 9.47 Å². The predicted molar refractivity (Wildman–Crippen MR) is 101 cm³/mol. The second-order valence-corrected chi connectivity index (χ2v) is 5.56. The van der Waals surface area contributed by atoms with E-state index >= 15 is 0 Å². The molecule has 0 aliphatic carbocycles. The third kappa shape index (κ3) is 3.77. The maximum absolute atomic E-state index is 5.70. The second-order valence-electron chi connectivity index (χ2n) is 5.56. The molecule has 0 spiro atoms. The standard InChI is InChI=1S/C22H22O2/c1-3-5-14-24-22-13-10-19-15-18(6-7-20(19)16-22)17-8-11-21(12-9-17)23-4-2/h3,5-13,15-16H,4,14H2,1-2H3. The monoisotopic (exact) mass is 318 g/mol. The minimum Gasteiger partial charge on any atom is -0.494 e. The largest absolute Gasteiger partial charge is 0.494 e. The molecule has 2 nitrogen and oxygen atoms in total. The zero-order valence-electron chi connectivity index (χ0n) is 14.2. The Morgan fingerprint density at radius 2 is 1.42 bits per heavy atom. The molecule has 0 bridgehead atoms. The number of hydrogen-bond donors (Lipinski definition) is 0. The first-order chi connectivity index (χ1) is 11.8. The summed E-state index contributed by atoms with van der Waals surface area (Å²) in [5.74, 6) is 1.80. The van der Waals surface area contributed by atoms with E-state index in [0.29, 0.717) is 13.2 Å². The van der Waals surface area contributed by atoms with Crippen LogP contribution in [0.3, 0.4) is 0 Å². The fourth-order valence-corrected chi connectivity index (χ4v) is 2.64. The molecule has 0 N–H and O–H groups in total. The summed E-state index contributed by atoms with van der Waals surface area (Å²) in [4.78, 5) is 0. The second kappa shape index (κ2) is 7.69. The average molecular weight is 318 g/mol. The molecule has 0 fully saturated rings. The molecular weight excluding hydrogens is 296 g/mol. The van der Waals surface area contributed by atoms with Crippen molar-refractivity contribution >= 4 is 10.8 Å². The van der Waals surface area contributed by atoms with Gasteiger partial charge < -0.3 is 9.47 Å². The molecule has 2 heteroatoms. The van der Waals surface area contributed by atoms with E-state index in [1.165, 1.54) is 21.9 Å². The quantitative estimate of drug-likeness (QED) is 0.530. The molecule has 3 aromatic rings. The van der Waals surface area contributed by atoms with Gasteiger partial charge in [0.1, 0.15) is 18.1 Å². The first-order valence-electron chi connectivity index (χ1n) is 8.31. The van der Waals surface area contributed by atoms with Crippen LogP contribution >= 0.6 is 0 Å². The Morgan fingerprint density at radius 3 is 2.17 bits per heavy atom. The minimum absolute atomic E-state index is 0.603. The molecule has 3 rings (SSSR count). The number of benzene rings is 3. The van der Waals surface area contributed by atoms with Gasteiger partial charge in [0, 0.05) is 0 Å². The molecule has 0 atom stereocenters. The summed E-state index contributed by atoms with van der Waals surface area (Å²) < 4.78 is 11.2. The van der Waals surface area contributed by atoms with E-state index in [9.17, 15) is 0 Å². The van der Waals surface area contributed by atoms with Gasteiger partial charge in [-0.15, -0.1) is 0 Å². The van der Waals surface area contributed by atoms with Crippen LogP contribution in [0.2, 0.25) is 0 Å². The van der Waals surface area contributed by atoms with Crippen LogP contribution < -0.4 is 9.47 Å². The van der Waals surface area contributed by atoms with E-state index in [2.05, 4.69) is 42.5 Å². The lowest BCUT2D eigenvalue weighted by Gasteiger charge is -2.08. The van der Waals surface area contributed by atoms with Gasteiger partial charge in [-0.3, -0.25) is 0 Å². The van der Waals surface area contributed by atoms with Gasteiger partial charge in [-0.2, -0.15) is 0 Å². The van der Waals surface area contributed by atoms with Crippen LogP contribution in [0.5, 0.6) is 11.5 Å². The number of ether oxygens (including phenoxy) is 2. The molecule has 0 radical (unpaired) electrons. The lowest BCUT2D eigenvalue weighted by Crippen LogP contribution is -1.92. The Kier molecular flexibility index (Phi) is 5.17. The molecule has 24 heavy (non-hydrogen) atoms. The summed E-state index contributed by atoms with van der Waals surface area (Å²) >= 11 is 0. The fourth-order valence-electron chi connectivity index (χ4n) is 2.64. The van der Waals surface area contributed by atoms with Crippen LogP contribution in [0.15, 0.2) is 72.8 Å². The SMILES string of the molecule is CC=CCOc1ccc2cc(-c3ccc(OCC)cc3)ccc2c1. The Labute approximate surface area is 143 Å². The molecular formula is C22H22O2. The summed E-state index contributed by atoms with van der Waals surface area (Å²) in [7, 11) is 0. The van der Waals surface area contributed by atoms with Crippen molar-refractivity contribution < 1.29 is 9.47 Å². The fraction of sp³-hybridized carbons (Fsp3) is 0.182. The van der Waals surface area contributed by atoms with Gasteiger partial charge in [0.15, 0.2) is 0 Å². The van der Waals surface area contributed by atoms with Crippen molar-refractivity contribution in [3.8, 4) is 22.6 Å². The summed E-state index contributed by atoms with van der Waals surface area (Å²) in [6, 6.07) is 20.9. The summed E-state index contributed by atoms with van der Waals surface area (Å²) in [6.45, 7) is 5.28. The Bertz CT molecular complexity index is 832. The van der Waals surface area contributed by atoms with Crippen LogP contribution in [0.1, 0.15) is 13.8 Å². The van der Waals surface area contributed by atoms with Crippen LogP contribution in [0.4, 0.5) is 0 Å². The van der Waals surface area contributed by atoms with Gasteiger partial charge in [0.05, 0.1) is 6.61 Å². The minimum atomic E-state index is 0.603. The zero-order chi connectivity index (χ0) is 16.8. The van der Waals surface area contributed by atoms with Crippen LogP contribution in [0, 0.1) is 0 Å². The summed E-state index contributed by atoms with van der Waals surface area (Å²) in [5, 5.41) is 2.39. The molecule has 0 saturated heterocycles. The van der Waals surface area contributed by atoms with Crippen molar-refractivity contribution in [1.82, 2.24) is 0 Å². The molecule has 0 amide bonds. The number of hydrogen-bond acceptors (Lipinski definition) is 2. The number of rotatable bonds is 6. The van der Waals surface area contributed by atoms with Crippen molar-refractivity contribution in [2.45, 2.75) is 13.8 Å². The lowest BCUT2D eigenvalue weighted by molar-refractivity contribution is 0.340. The Balaban J connectivity index is 1.84. The number of fused-ring (bicyclic) bond motifs is 1. The summed E-state index contributed by atoms with van der Waals surface area (Å²) in [5.41, 5.74) is 2.39. The highest BCUT2D eigenvalue weighted by Gasteiger charge is 2.02. The van der Waals surface area contributed by atoms with Gasteiger partial charge in [-0.05, 0) is 66.1 Å². The topological polar surface area (TPSA) is 18.5 Å². The maximum atomic E-state index is 5.70. The van der Waals surface area contributed by atoms with Gasteiger partial charge in [-0.25, -0.2) is 0 Å². The normalized spacial score (nSPS) is 11.1. The molecule has 122 valence electrons. The maximum Gasteiger partial charge on any atom is 0.120 e. The van der Waals surface area contributed by atoms with Crippen molar-refractivity contribution in [2.24, 2.45) is 0 Å². The van der Waals surface area contributed by atoms with Crippen molar-refractivity contribution in [2.75, 3.05) is 13.2 Å². The smallest absolute Gasteiger partial charge is 0.120 e. The van der Waals surface area contributed by atoms with Gasteiger partial charge in [0.2, 0.25) is 0 Å². The molecule has 0 aliphatic heterocycles. The first kappa shape index (κ1) is 16.1. The van der Waals surface area contributed by atoms with Crippen LogP contribution in [-0.2, 0) is 0 Å². The van der Waals surface area contributed by atoms with Crippen molar-refractivity contribution in [1.29, 1.82) is 0 Å². The highest BCUT2D eigenvalue weighted by Crippen LogP contribution is 2.28. The van der Waals surface area contributed by atoms with Crippen LogP contribution in [0.25, 0.3) is 21.9 Å². The van der Waals surface area contributed by atoms with Crippen molar-refractivity contribution in [3.05, 3.63) is 72.8 Å². The molecule has 0 unspecified atom stereocenters. The predicted octanol–water partition coefficient (Wildman–Crippen LogP) is 5.86. The number of allylic oxidation sites excluding steroid dienone is 1. The molecule has 3 aromatic carbocycles. The van der Waals surface area contributed by atoms with E-state index < -0.39 is 0 Å². The van der Waals surface area contributed by atoms with E-state index in [-0.39, 0.29) is 0 Å². The first-order valence-corrected chi connectivity index (χ1v) is 8.31. The molecule has 0 saturated carbocycles.